The minimum absolute atomic E-state index is 0.0110. The summed E-state index contributed by atoms with van der Waals surface area (Å²) in [6.45, 7) is 2.60. The molecule has 0 amide bonds. The Morgan fingerprint density at radius 3 is 2.48 bits per heavy atom. The van der Waals surface area contributed by atoms with Gasteiger partial charge in [0.15, 0.2) is 0 Å². The molecule has 0 radical (unpaired) electrons. The van der Waals surface area contributed by atoms with Gasteiger partial charge in [-0.25, -0.2) is 17.9 Å². The van der Waals surface area contributed by atoms with Gasteiger partial charge >= 0.3 is 5.97 Å². The van der Waals surface area contributed by atoms with Gasteiger partial charge < -0.3 is 4.74 Å². The van der Waals surface area contributed by atoms with Crippen molar-refractivity contribution in [3.05, 3.63) is 78.1 Å². The van der Waals surface area contributed by atoms with Crippen LogP contribution in [0.3, 0.4) is 0 Å². The maximum absolute atomic E-state index is 12.9. The smallest absolute Gasteiger partial charge is 0.338 e. The Morgan fingerprint density at radius 1 is 1.10 bits per heavy atom. The van der Waals surface area contributed by atoms with Crippen LogP contribution in [0, 0.1) is 0 Å². The third-order valence-corrected chi connectivity index (χ3v) is 7.54. The zero-order chi connectivity index (χ0) is 21.8. The Labute approximate surface area is 182 Å². The molecule has 8 heteroatoms. The number of sulfonamides is 1. The molecule has 2 aromatic carbocycles. The van der Waals surface area contributed by atoms with E-state index in [1.807, 2.05) is 43.5 Å². The number of rotatable bonds is 6. The number of nitrogens with zero attached hydrogens (tertiary/aromatic N) is 3. The van der Waals surface area contributed by atoms with E-state index >= 15 is 0 Å². The summed E-state index contributed by atoms with van der Waals surface area (Å²) in [6, 6.07) is 15.4. The van der Waals surface area contributed by atoms with Crippen LogP contribution in [0.5, 0.6) is 0 Å². The summed E-state index contributed by atoms with van der Waals surface area (Å²) in [4.78, 5) is 12.6. The molecule has 0 N–H and O–H groups in total. The van der Waals surface area contributed by atoms with E-state index in [1.54, 1.807) is 15.2 Å². The van der Waals surface area contributed by atoms with Crippen molar-refractivity contribution in [2.24, 2.45) is 0 Å². The third-order valence-electron chi connectivity index (χ3n) is 5.51. The minimum atomic E-state index is -3.56. The molecule has 0 spiro atoms. The van der Waals surface area contributed by atoms with Crippen LogP contribution in [0.1, 0.15) is 42.1 Å². The van der Waals surface area contributed by atoms with E-state index in [1.165, 1.54) is 24.3 Å². The molecule has 1 aliphatic heterocycles. The molecule has 3 aromatic rings. The van der Waals surface area contributed by atoms with Crippen LogP contribution in [0.4, 0.5) is 0 Å². The third kappa shape index (κ3) is 4.70. The zero-order valence-electron chi connectivity index (χ0n) is 17.3. The highest BCUT2D eigenvalue weighted by Gasteiger charge is 2.30. The van der Waals surface area contributed by atoms with Crippen LogP contribution in [0.2, 0.25) is 0 Å². The highest BCUT2D eigenvalue weighted by Crippen LogP contribution is 2.25. The van der Waals surface area contributed by atoms with Crippen LogP contribution < -0.4 is 0 Å². The van der Waals surface area contributed by atoms with Gasteiger partial charge in [-0.2, -0.15) is 9.40 Å². The van der Waals surface area contributed by atoms with Gasteiger partial charge in [0.25, 0.3) is 0 Å². The molecule has 0 aliphatic carbocycles. The van der Waals surface area contributed by atoms with Crippen molar-refractivity contribution in [2.75, 3.05) is 6.54 Å². The topological polar surface area (TPSA) is 81.5 Å². The molecule has 2 heterocycles. The zero-order valence-corrected chi connectivity index (χ0v) is 18.2. The minimum Gasteiger partial charge on any atom is -0.457 e. The molecule has 31 heavy (non-hydrogen) atoms. The molecule has 1 fully saturated rings. The lowest BCUT2D eigenvalue weighted by Crippen LogP contribution is -2.41. The first kappa shape index (κ1) is 21.3. The molecular formula is C23H25N3O4S. The van der Waals surface area contributed by atoms with Gasteiger partial charge in [-0.3, -0.25) is 0 Å². The molecule has 7 nitrogen and oxygen atoms in total. The largest absolute Gasteiger partial charge is 0.457 e. The molecule has 0 bridgehead atoms. The quantitative estimate of drug-likeness (QED) is 0.546. The van der Waals surface area contributed by atoms with Crippen molar-refractivity contribution in [3.8, 4) is 5.69 Å². The van der Waals surface area contributed by atoms with Gasteiger partial charge in [0.2, 0.25) is 10.0 Å². The maximum Gasteiger partial charge on any atom is 0.338 e. The summed E-state index contributed by atoms with van der Waals surface area (Å²) < 4.78 is 34.5. The molecule has 1 aromatic heterocycles. The lowest BCUT2D eigenvalue weighted by Gasteiger charge is -2.32. The SMILES string of the molecule is CC1CCCCN1S(=O)(=O)c1ccc(C(=O)OCc2ccc(-n3cccn3)cc2)cc1. The van der Waals surface area contributed by atoms with Gasteiger partial charge in [-0.15, -0.1) is 0 Å². The standard InChI is InChI=1S/C23H25N3O4S/c1-18-5-2-3-16-26(18)31(28,29)22-12-8-20(9-13-22)23(27)30-17-19-6-10-21(11-7-19)25-15-4-14-24-25/h4,6-15,18H,2-3,5,16-17H2,1H3. The number of hydrogen-bond donors (Lipinski definition) is 0. The van der Waals surface area contributed by atoms with E-state index in [-0.39, 0.29) is 17.5 Å². The summed E-state index contributed by atoms with van der Waals surface area (Å²) in [5.41, 5.74) is 2.08. The highest BCUT2D eigenvalue weighted by atomic mass is 32.2. The van der Waals surface area contributed by atoms with E-state index in [4.69, 9.17) is 4.74 Å². The van der Waals surface area contributed by atoms with Crippen LogP contribution in [0.25, 0.3) is 5.69 Å². The molecule has 4 rings (SSSR count). The van der Waals surface area contributed by atoms with Crippen molar-refractivity contribution in [2.45, 2.75) is 43.7 Å². The van der Waals surface area contributed by atoms with Crippen LogP contribution >= 0.6 is 0 Å². The molecule has 1 atom stereocenters. The molecule has 1 aliphatic rings. The van der Waals surface area contributed by atoms with E-state index in [2.05, 4.69) is 5.10 Å². The summed E-state index contributed by atoms with van der Waals surface area (Å²) in [6.07, 6.45) is 6.34. The average molecular weight is 440 g/mol. The van der Waals surface area contributed by atoms with E-state index in [0.717, 1.165) is 30.5 Å². The van der Waals surface area contributed by atoms with Crippen molar-refractivity contribution in [1.29, 1.82) is 0 Å². The van der Waals surface area contributed by atoms with E-state index in [9.17, 15) is 13.2 Å². The van der Waals surface area contributed by atoms with Gasteiger partial charge in [-0.1, -0.05) is 18.6 Å². The molecular weight excluding hydrogens is 414 g/mol. The van der Waals surface area contributed by atoms with Gasteiger partial charge in [0.1, 0.15) is 6.61 Å². The fraction of sp³-hybridized carbons (Fsp3) is 0.304. The summed E-state index contributed by atoms with van der Waals surface area (Å²) >= 11 is 0. The Kier molecular flexibility index (Phi) is 6.20. The number of esters is 1. The highest BCUT2D eigenvalue weighted by molar-refractivity contribution is 7.89. The number of carbonyl (C=O) groups excluding carboxylic acids is 1. The Bertz CT molecular complexity index is 1120. The van der Waals surface area contributed by atoms with Crippen LogP contribution in [-0.2, 0) is 21.4 Å². The fourth-order valence-electron chi connectivity index (χ4n) is 3.73. The fourth-order valence-corrected chi connectivity index (χ4v) is 5.43. The number of ether oxygens (including phenoxy) is 1. The number of carbonyl (C=O) groups is 1. The number of hydrogen-bond acceptors (Lipinski definition) is 5. The normalized spacial score (nSPS) is 17.4. The Hall–Kier alpha value is -2.97. The van der Waals surface area contributed by atoms with Gasteiger partial charge in [0, 0.05) is 25.0 Å². The number of aromatic nitrogens is 2. The second-order valence-electron chi connectivity index (χ2n) is 7.68. The van der Waals surface area contributed by atoms with Crippen molar-refractivity contribution < 1.29 is 17.9 Å². The average Bonchev–Trinajstić information content (AvgIpc) is 3.33. The van der Waals surface area contributed by atoms with Crippen molar-refractivity contribution in [3.63, 3.8) is 0 Å². The van der Waals surface area contributed by atoms with Crippen molar-refractivity contribution >= 4 is 16.0 Å². The molecule has 1 saturated heterocycles. The summed E-state index contributed by atoms with van der Waals surface area (Å²) in [5, 5.41) is 4.17. The first-order chi connectivity index (χ1) is 14.9. The number of piperidine rings is 1. The Balaban J connectivity index is 1.38. The van der Waals surface area contributed by atoms with Gasteiger partial charge in [0.05, 0.1) is 16.1 Å². The number of benzene rings is 2. The molecule has 0 saturated carbocycles. The summed E-state index contributed by atoms with van der Waals surface area (Å²) in [5.74, 6) is -0.494. The first-order valence-electron chi connectivity index (χ1n) is 10.3. The van der Waals surface area contributed by atoms with E-state index in [0.29, 0.717) is 12.1 Å². The molecule has 162 valence electrons. The lowest BCUT2D eigenvalue weighted by molar-refractivity contribution is 0.0472. The van der Waals surface area contributed by atoms with Gasteiger partial charge in [-0.05, 0) is 67.8 Å². The molecule has 1 unspecified atom stereocenters. The van der Waals surface area contributed by atoms with Crippen molar-refractivity contribution in [1.82, 2.24) is 14.1 Å². The second kappa shape index (κ2) is 9.03. The second-order valence-corrected chi connectivity index (χ2v) is 9.57. The maximum atomic E-state index is 12.9. The first-order valence-corrected chi connectivity index (χ1v) is 11.8. The Morgan fingerprint density at radius 2 is 1.84 bits per heavy atom. The summed E-state index contributed by atoms with van der Waals surface area (Å²) in [7, 11) is -3.56. The van der Waals surface area contributed by atoms with E-state index < -0.39 is 16.0 Å². The van der Waals surface area contributed by atoms with Crippen LogP contribution in [-0.4, -0.2) is 41.1 Å². The predicted molar refractivity (Wildman–Crippen MR) is 116 cm³/mol. The predicted octanol–water partition coefficient (Wildman–Crippen LogP) is 3.79. The van der Waals surface area contributed by atoms with Crippen LogP contribution in [0.15, 0.2) is 71.9 Å². The lowest BCUT2D eigenvalue weighted by atomic mass is 10.1. The monoisotopic (exact) mass is 439 g/mol.